The van der Waals surface area contributed by atoms with Crippen LogP contribution in [0.15, 0.2) is 36.4 Å². The van der Waals surface area contributed by atoms with Crippen LogP contribution in [0.2, 0.25) is 0 Å². The summed E-state index contributed by atoms with van der Waals surface area (Å²) in [4.78, 5) is 25.8. The van der Waals surface area contributed by atoms with Gasteiger partial charge in [-0.15, -0.1) is 0 Å². The number of amides is 2. The Morgan fingerprint density at radius 3 is 2.46 bits per heavy atom. The number of alkyl halides is 3. The highest BCUT2D eigenvalue weighted by Crippen LogP contribution is 2.42. The Morgan fingerprint density at radius 1 is 1.14 bits per heavy atom. The van der Waals surface area contributed by atoms with Crippen molar-refractivity contribution in [1.29, 1.82) is 0 Å². The van der Waals surface area contributed by atoms with Crippen LogP contribution < -0.4 is 5.32 Å². The number of likely N-dealkylation sites (tertiary alicyclic amines) is 1. The lowest BCUT2D eigenvalue weighted by Gasteiger charge is -2.44. The third-order valence-electron chi connectivity index (χ3n) is 4.75. The van der Waals surface area contributed by atoms with Crippen LogP contribution in [-0.2, 0) is 15.8 Å². The molecule has 148 valence electrons. The van der Waals surface area contributed by atoms with Crippen molar-refractivity contribution in [3.63, 3.8) is 0 Å². The second-order valence-corrected chi connectivity index (χ2v) is 6.53. The van der Waals surface area contributed by atoms with Gasteiger partial charge in [-0.2, -0.15) is 13.2 Å². The first-order chi connectivity index (χ1) is 13.0. The van der Waals surface area contributed by atoms with Crippen molar-refractivity contribution in [3.8, 4) is 0 Å². The van der Waals surface area contributed by atoms with Gasteiger partial charge in [0.1, 0.15) is 5.92 Å². The van der Waals surface area contributed by atoms with Gasteiger partial charge in [0.25, 0.3) is 0 Å². The van der Waals surface area contributed by atoms with E-state index in [-0.39, 0.29) is 11.1 Å². The summed E-state index contributed by atoms with van der Waals surface area (Å²) in [6, 6.07) is 5.76. The maximum absolute atomic E-state index is 13.8. The Morgan fingerprint density at radius 2 is 1.82 bits per heavy atom. The Labute approximate surface area is 156 Å². The molecule has 1 fully saturated rings. The van der Waals surface area contributed by atoms with Gasteiger partial charge in [0, 0.05) is 7.05 Å². The molecule has 0 spiro atoms. The number of aryl methyl sites for hydroxylation is 1. The monoisotopic (exact) mass is 398 g/mol. The Kier molecular flexibility index (Phi) is 4.86. The van der Waals surface area contributed by atoms with E-state index >= 15 is 0 Å². The number of carbonyl (C=O) groups excluding carboxylic acids is 2. The number of nitrogens with zero attached hydrogens (tertiary/aromatic N) is 1. The quantitative estimate of drug-likeness (QED) is 0.482. The molecule has 2 atom stereocenters. The fourth-order valence-corrected chi connectivity index (χ4v) is 3.24. The lowest BCUT2D eigenvalue weighted by Crippen LogP contribution is -2.57. The summed E-state index contributed by atoms with van der Waals surface area (Å²) in [7, 11) is 1.35. The first-order valence-electron chi connectivity index (χ1n) is 8.21. The molecular formula is C19H15F5N2O2. The van der Waals surface area contributed by atoms with Crippen LogP contribution in [0.3, 0.4) is 0 Å². The Hall–Kier alpha value is -2.97. The minimum Gasteiger partial charge on any atom is -0.337 e. The molecular weight excluding hydrogens is 383 g/mol. The summed E-state index contributed by atoms with van der Waals surface area (Å²) in [5.74, 6) is -5.38. The maximum Gasteiger partial charge on any atom is 0.416 e. The Balaban J connectivity index is 1.91. The fourth-order valence-electron chi connectivity index (χ4n) is 3.24. The third-order valence-corrected chi connectivity index (χ3v) is 4.75. The number of halogens is 5. The first-order valence-corrected chi connectivity index (χ1v) is 8.21. The van der Waals surface area contributed by atoms with Gasteiger partial charge >= 0.3 is 6.18 Å². The summed E-state index contributed by atoms with van der Waals surface area (Å²) in [6.07, 6.45) is -4.59. The van der Waals surface area contributed by atoms with Gasteiger partial charge in [-0.1, -0.05) is 18.2 Å². The summed E-state index contributed by atoms with van der Waals surface area (Å²) in [6.45, 7) is 1.30. The normalized spacial score (nSPS) is 19.4. The van der Waals surface area contributed by atoms with E-state index in [0.29, 0.717) is 0 Å². The largest absolute Gasteiger partial charge is 0.416 e. The second kappa shape index (κ2) is 6.88. The SMILES string of the molecule is Cc1ccc(C2C(C(=O)Nc3cccc(F)c3F)C(=O)N2C)cc1C(F)(F)F. The average Bonchev–Trinajstić information content (AvgIpc) is 2.62. The maximum atomic E-state index is 13.8. The topological polar surface area (TPSA) is 49.4 Å². The van der Waals surface area contributed by atoms with Crippen molar-refractivity contribution in [1.82, 2.24) is 4.90 Å². The molecule has 0 bridgehead atoms. The number of rotatable bonds is 3. The molecule has 0 aromatic heterocycles. The standard InChI is InChI=1S/C19H15F5N2O2/c1-9-6-7-10(8-11(9)19(22,23)24)16-14(18(28)26(16)2)17(27)25-13-5-3-4-12(20)15(13)21/h3-8,14,16H,1-2H3,(H,25,27). The van der Waals surface area contributed by atoms with Gasteiger partial charge in [0.15, 0.2) is 11.6 Å². The van der Waals surface area contributed by atoms with Gasteiger partial charge in [0.2, 0.25) is 11.8 Å². The van der Waals surface area contributed by atoms with Crippen LogP contribution in [0.4, 0.5) is 27.6 Å². The van der Waals surface area contributed by atoms with E-state index in [1.807, 2.05) is 0 Å². The number of carbonyl (C=O) groups is 2. The van der Waals surface area contributed by atoms with Crippen LogP contribution in [0.25, 0.3) is 0 Å². The molecule has 9 heteroatoms. The lowest BCUT2D eigenvalue weighted by atomic mass is 9.81. The molecule has 3 rings (SSSR count). The third kappa shape index (κ3) is 3.32. The van der Waals surface area contributed by atoms with Crippen molar-refractivity contribution in [2.24, 2.45) is 5.92 Å². The molecule has 2 unspecified atom stereocenters. The fraction of sp³-hybridized carbons (Fsp3) is 0.263. The highest BCUT2D eigenvalue weighted by molar-refractivity contribution is 6.10. The zero-order valence-electron chi connectivity index (χ0n) is 14.8. The number of anilines is 1. The van der Waals surface area contributed by atoms with Crippen LogP contribution >= 0.6 is 0 Å². The van der Waals surface area contributed by atoms with E-state index in [1.54, 1.807) is 0 Å². The van der Waals surface area contributed by atoms with Gasteiger partial charge < -0.3 is 10.2 Å². The van der Waals surface area contributed by atoms with E-state index < -0.39 is 52.8 Å². The molecule has 0 radical (unpaired) electrons. The van der Waals surface area contributed by atoms with E-state index in [2.05, 4.69) is 5.32 Å². The first kappa shape index (κ1) is 19.8. The summed E-state index contributed by atoms with van der Waals surface area (Å²) >= 11 is 0. The zero-order valence-corrected chi connectivity index (χ0v) is 14.8. The van der Waals surface area contributed by atoms with E-state index in [1.165, 1.54) is 32.2 Å². The lowest BCUT2D eigenvalue weighted by molar-refractivity contribution is -0.158. The zero-order chi connectivity index (χ0) is 20.8. The predicted octanol–water partition coefficient (Wildman–Crippen LogP) is 4.06. The minimum absolute atomic E-state index is 0.00684. The summed E-state index contributed by atoms with van der Waals surface area (Å²) in [5.41, 5.74) is -1.19. The van der Waals surface area contributed by atoms with Crippen LogP contribution in [0.1, 0.15) is 22.7 Å². The highest BCUT2D eigenvalue weighted by atomic mass is 19.4. The molecule has 1 aliphatic rings. The Bertz CT molecular complexity index is 958. The number of β-lactam (4-membered cyclic amide) rings is 1. The van der Waals surface area contributed by atoms with Crippen molar-refractivity contribution in [2.75, 3.05) is 12.4 Å². The number of hydrogen-bond acceptors (Lipinski definition) is 2. The van der Waals surface area contributed by atoms with E-state index in [0.717, 1.165) is 23.1 Å². The van der Waals surface area contributed by atoms with Crippen molar-refractivity contribution in [3.05, 3.63) is 64.7 Å². The minimum atomic E-state index is -4.59. The number of hydrogen-bond donors (Lipinski definition) is 1. The average molecular weight is 398 g/mol. The molecule has 4 nitrogen and oxygen atoms in total. The van der Waals surface area contributed by atoms with Crippen LogP contribution in [0.5, 0.6) is 0 Å². The molecule has 1 heterocycles. The van der Waals surface area contributed by atoms with Gasteiger partial charge in [-0.3, -0.25) is 9.59 Å². The van der Waals surface area contributed by atoms with E-state index in [9.17, 15) is 31.5 Å². The molecule has 1 N–H and O–H groups in total. The number of nitrogens with one attached hydrogen (secondary N) is 1. The predicted molar refractivity (Wildman–Crippen MR) is 90.2 cm³/mol. The van der Waals surface area contributed by atoms with Crippen LogP contribution in [-0.4, -0.2) is 23.8 Å². The molecule has 2 aromatic rings. The van der Waals surface area contributed by atoms with Crippen molar-refractivity contribution in [2.45, 2.75) is 19.1 Å². The van der Waals surface area contributed by atoms with Gasteiger partial charge in [-0.25, -0.2) is 8.78 Å². The van der Waals surface area contributed by atoms with Crippen molar-refractivity contribution < 1.29 is 31.5 Å². The number of benzene rings is 2. The van der Waals surface area contributed by atoms with Crippen LogP contribution in [0, 0.1) is 24.5 Å². The molecule has 28 heavy (non-hydrogen) atoms. The van der Waals surface area contributed by atoms with Gasteiger partial charge in [-0.05, 0) is 36.2 Å². The molecule has 2 amide bonds. The van der Waals surface area contributed by atoms with Crippen molar-refractivity contribution >= 4 is 17.5 Å². The van der Waals surface area contributed by atoms with E-state index in [4.69, 9.17) is 0 Å². The smallest absolute Gasteiger partial charge is 0.337 e. The molecule has 0 aliphatic carbocycles. The summed E-state index contributed by atoms with van der Waals surface area (Å²) in [5, 5.41) is 2.14. The molecule has 0 saturated carbocycles. The summed E-state index contributed by atoms with van der Waals surface area (Å²) < 4.78 is 66.6. The molecule has 1 aliphatic heterocycles. The van der Waals surface area contributed by atoms with Gasteiger partial charge in [0.05, 0.1) is 17.3 Å². The molecule has 1 saturated heterocycles. The highest BCUT2D eigenvalue weighted by Gasteiger charge is 2.51. The molecule has 2 aromatic carbocycles. The second-order valence-electron chi connectivity index (χ2n) is 6.53.